The van der Waals surface area contributed by atoms with Crippen molar-refractivity contribution in [1.82, 2.24) is 10.2 Å². The number of ether oxygens (including phenoxy) is 1. The van der Waals surface area contributed by atoms with Crippen LogP contribution < -0.4 is 5.32 Å². The van der Waals surface area contributed by atoms with Crippen molar-refractivity contribution in [2.75, 3.05) is 26.0 Å². The highest BCUT2D eigenvalue weighted by atomic mass is 32.2. The van der Waals surface area contributed by atoms with Crippen LogP contribution in [0.2, 0.25) is 0 Å². The largest absolute Gasteiger partial charge is 0.376 e. The van der Waals surface area contributed by atoms with Crippen molar-refractivity contribution in [3.8, 4) is 0 Å². The average molecular weight is 300 g/mol. The lowest BCUT2D eigenvalue weighted by atomic mass is 10.2. The van der Waals surface area contributed by atoms with E-state index in [1.54, 1.807) is 0 Å². The summed E-state index contributed by atoms with van der Waals surface area (Å²) in [5, 5.41) is 3.91. The molecule has 116 valence electrons. The molecule has 1 saturated heterocycles. The van der Waals surface area contributed by atoms with Gasteiger partial charge < -0.3 is 15.0 Å². The zero-order valence-electron chi connectivity index (χ0n) is 12.9. The molecule has 4 nitrogen and oxygen atoms in total. The number of thioether (sulfide) groups is 1. The molecule has 0 aromatic heterocycles. The Hall–Kier alpha value is -0.420. The number of carbonyl (C=O) groups excluding carboxylic acids is 1. The number of urea groups is 1. The molecule has 0 aromatic rings. The number of hydrogen-bond donors (Lipinski definition) is 1. The van der Waals surface area contributed by atoms with Gasteiger partial charge in [-0.15, -0.1) is 0 Å². The summed E-state index contributed by atoms with van der Waals surface area (Å²) in [6.45, 7) is 6.67. The van der Waals surface area contributed by atoms with Crippen LogP contribution >= 0.6 is 11.8 Å². The van der Waals surface area contributed by atoms with Gasteiger partial charge in [0, 0.05) is 31.0 Å². The van der Waals surface area contributed by atoms with Gasteiger partial charge in [0.1, 0.15) is 0 Å². The maximum absolute atomic E-state index is 12.2. The molecule has 0 aromatic carbocycles. The third-order valence-corrected chi connectivity index (χ3v) is 5.24. The molecule has 1 heterocycles. The second-order valence-corrected chi connectivity index (χ2v) is 7.54. The molecule has 1 N–H and O–H groups in total. The molecule has 20 heavy (non-hydrogen) atoms. The van der Waals surface area contributed by atoms with E-state index in [-0.39, 0.29) is 12.1 Å². The quantitative estimate of drug-likeness (QED) is 0.849. The summed E-state index contributed by atoms with van der Waals surface area (Å²) in [4.78, 5) is 14.1. The van der Waals surface area contributed by atoms with E-state index >= 15 is 0 Å². The topological polar surface area (TPSA) is 41.6 Å². The Kier molecular flexibility index (Phi) is 6.02. The van der Waals surface area contributed by atoms with Gasteiger partial charge in [-0.3, -0.25) is 0 Å². The van der Waals surface area contributed by atoms with Crippen LogP contribution in [-0.2, 0) is 4.74 Å². The lowest BCUT2D eigenvalue weighted by molar-refractivity contribution is 0.0435. The molecule has 0 unspecified atom stereocenters. The number of nitrogens with one attached hydrogen (secondary N) is 1. The minimum absolute atomic E-state index is 0.104. The number of rotatable bonds is 5. The summed E-state index contributed by atoms with van der Waals surface area (Å²) >= 11 is 1.92. The molecule has 0 bridgehead atoms. The molecular formula is C15H28N2O2S. The van der Waals surface area contributed by atoms with Crippen LogP contribution in [0.3, 0.4) is 0 Å². The van der Waals surface area contributed by atoms with E-state index in [9.17, 15) is 4.79 Å². The monoisotopic (exact) mass is 300 g/mol. The highest BCUT2D eigenvalue weighted by molar-refractivity contribution is 7.99. The summed E-state index contributed by atoms with van der Waals surface area (Å²) in [6, 6.07) is 0.475. The molecule has 2 amide bonds. The first-order valence-corrected chi connectivity index (χ1v) is 9.07. The maximum atomic E-state index is 12.2. The summed E-state index contributed by atoms with van der Waals surface area (Å²) in [5.41, 5.74) is 0. The lowest BCUT2D eigenvalue weighted by Gasteiger charge is -2.21. The van der Waals surface area contributed by atoms with Gasteiger partial charge in [-0.05, 0) is 37.9 Å². The third-order valence-electron chi connectivity index (χ3n) is 4.14. The van der Waals surface area contributed by atoms with Crippen LogP contribution in [0.1, 0.15) is 39.5 Å². The molecule has 0 spiro atoms. The molecule has 2 aliphatic rings. The smallest absolute Gasteiger partial charge is 0.317 e. The Morgan fingerprint density at radius 3 is 2.85 bits per heavy atom. The Labute approximate surface area is 127 Å². The van der Waals surface area contributed by atoms with E-state index in [4.69, 9.17) is 4.74 Å². The van der Waals surface area contributed by atoms with Crippen LogP contribution in [-0.4, -0.2) is 54.3 Å². The fourth-order valence-electron chi connectivity index (χ4n) is 2.93. The second kappa shape index (κ2) is 7.55. The normalized spacial score (nSPS) is 30.2. The van der Waals surface area contributed by atoms with Crippen molar-refractivity contribution in [2.24, 2.45) is 5.92 Å². The molecule has 1 saturated carbocycles. The summed E-state index contributed by atoms with van der Waals surface area (Å²) in [7, 11) is 0. The first-order valence-electron chi connectivity index (χ1n) is 7.78. The Balaban J connectivity index is 1.69. The standard InChI is InChI=1S/C15H28N2O2S/c1-11(2)10-19-13-6-7-17(9-13)15(18)16-12-4-5-14(8-12)20-3/h11-14H,4-10H2,1-3H3,(H,16,18)/t12-,13-,14-/m1/s1. The van der Waals surface area contributed by atoms with Gasteiger partial charge in [-0.2, -0.15) is 11.8 Å². The van der Waals surface area contributed by atoms with Crippen molar-refractivity contribution in [2.45, 2.75) is 56.9 Å². The minimum atomic E-state index is 0.104. The van der Waals surface area contributed by atoms with E-state index in [0.717, 1.165) is 44.2 Å². The van der Waals surface area contributed by atoms with Crippen LogP contribution in [0.25, 0.3) is 0 Å². The van der Waals surface area contributed by atoms with Gasteiger partial charge >= 0.3 is 6.03 Å². The Morgan fingerprint density at radius 1 is 1.40 bits per heavy atom. The molecule has 0 radical (unpaired) electrons. The van der Waals surface area contributed by atoms with Crippen molar-refractivity contribution in [3.63, 3.8) is 0 Å². The van der Waals surface area contributed by atoms with E-state index in [1.807, 2.05) is 16.7 Å². The zero-order chi connectivity index (χ0) is 14.5. The molecular weight excluding hydrogens is 272 g/mol. The van der Waals surface area contributed by atoms with E-state index in [1.165, 1.54) is 6.42 Å². The van der Waals surface area contributed by atoms with Crippen molar-refractivity contribution in [1.29, 1.82) is 0 Å². The number of amides is 2. The van der Waals surface area contributed by atoms with Gasteiger partial charge in [0.25, 0.3) is 0 Å². The van der Waals surface area contributed by atoms with Crippen LogP contribution in [0.15, 0.2) is 0 Å². The number of likely N-dealkylation sites (tertiary alicyclic amines) is 1. The molecule has 2 rings (SSSR count). The zero-order valence-corrected chi connectivity index (χ0v) is 13.7. The third kappa shape index (κ3) is 4.55. The molecule has 3 atom stereocenters. The van der Waals surface area contributed by atoms with Gasteiger partial charge in [0.15, 0.2) is 0 Å². The summed E-state index contributed by atoms with van der Waals surface area (Å²) < 4.78 is 5.82. The van der Waals surface area contributed by atoms with Gasteiger partial charge in [0.2, 0.25) is 0 Å². The minimum Gasteiger partial charge on any atom is -0.376 e. The molecule has 2 fully saturated rings. The fourth-order valence-corrected chi connectivity index (χ4v) is 3.72. The summed E-state index contributed by atoms with van der Waals surface area (Å²) in [6.07, 6.45) is 6.83. The van der Waals surface area contributed by atoms with Gasteiger partial charge in [-0.1, -0.05) is 13.8 Å². The summed E-state index contributed by atoms with van der Waals surface area (Å²) in [5.74, 6) is 0.555. The van der Waals surface area contributed by atoms with Crippen LogP contribution in [0, 0.1) is 5.92 Å². The van der Waals surface area contributed by atoms with E-state index in [2.05, 4.69) is 25.4 Å². The predicted molar refractivity (Wildman–Crippen MR) is 84.2 cm³/mol. The Morgan fingerprint density at radius 2 is 2.20 bits per heavy atom. The maximum Gasteiger partial charge on any atom is 0.317 e. The van der Waals surface area contributed by atoms with Gasteiger partial charge in [-0.25, -0.2) is 4.79 Å². The highest BCUT2D eigenvalue weighted by Crippen LogP contribution is 2.28. The number of nitrogens with zero attached hydrogens (tertiary/aromatic N) is 1. The van der Waals surface area contributed by atoms with Crippen molar-refractivity contribution < 1.29 is 9.53 Å². The second-order valence-electron chi connectivity index (χ2n) is 6.40. The fraction of sp³-hybridized carbons (Fsp3) is 0.933. The van der Waals surface area contributed by atoms with Crippen molar-refractivity contribution in [3.05, 3.63) is 0 Å². The first kappa shape index (κ1) is 16.0. The van der Waals surface area contributed by atoms with Gasteiger partial charge in [0.05, 0.1) is 6.10 Å². The number of hydrogen-bond acceptors (Lipinski definition) is 3. The molecule has 1 aliphatic heterocycles. The van der Waals surface area contributed by atoms with Crippen LogP contribution in [0.4, 0.5) is 4.79 Å². The molecule has 1 aliphatic carbocycles. The average Bonchev–Trinajstić information content (AvgIpc) is 3.04. The Bertz CT molecular complexity index is 325. The highest BCUT2D eigenvalue weighted by Gasteiger charge is 2.30. The predicted octanol–water partition coefficient (Wildman–Crippen LogP) is 2.73. The number of carbonyl (C=O) groups is 1. The molecule has 5 heteroatoms. The SMILES string of the molecule is CS[C@@H]1CC[C@@H](NC(=O)N2CC[C@@H](OCC(C)C)C2)C1. The lowest BCUT2D eigenvalue weighted by Crippen LogP contribution is -2.43. The van der Waals surface area contributed by atoms with Crippen LogP contribution in [0.5, 0.6) is 0 Å². The van der Waals surface area contributed by atoms with E-state index in [0.29, 0.717) is 12.0 Å². The van der Waals surface area contributed by atoms with E-state index < -0.39 is 0 Å². The van der Waals surface area contributed by atoms with Crippen molar-refractivity contribution >= 4 is 17.8 Å². The first-order chi connectivity index (χ1) is 9.58.